The normalized spacial score (nSPS) is 12.7. The summed E-state index contributed by atoms with van der Waals surface area (Å²) in [5.74, 6) is -0.834. The van der Waals surface area contributed by atoms with E-state index in [0.717, 1.165) is 22.3 Å². The number of benzene rings is 2. The molecule has 0 bridgehead atoms. The van der Waals surface area contributed by atoms with Gasteiger partial charge in [0.25, 0.3) is 0 Å². The number of ether oxygens (including phenoxy) is 3. The van der Waals surface area contributed by atoms with Crippen LogP contribution in [-0.2, 0) is 19.0 Å². The number of methoxy groups -OCH3 is 1. The van der Waals surface area contributed by atoms with Crippen molar-refractivity contribution in [3.05, 3.63) is 72.3 Å². The zero-order chi connectivity index (χ0) is 22.2. The fourth-order valence-corrected chi connectivity index (χ4v) is 3.49. The lowest BCUT2D eigenvalue weighted by Gasteiger charge is -2.18. The summed E-state index contributed by atoms with van der Waals surface area (Å²) in [5, 5.41) is 4.81. The molecule has 0 spiro atoms. The molecule has 1 aliphatic carbocycles. The largest absolute Gasteiger partial charge is 0.467 e. The van der Waals surface area contributed by atoms with Gasteiger partial charge in [0.15, 0.2) is 0 Å². The van der Waals surface area contributed by atoms with Gasteiger partial charge in [-0.2, -0.15) is 0 Å². The molecule has 0 heterocycles. The Kier molecular flexibility index (Phi) is 7.26. The molecular weight excluding hydrogens is 400 g/mol. The van der Waals surface area contributed by atoms with Crippen LogP contribution in [0.1, 0.15) is 17.0 Å². The van der Waals surface area contributed by atoms with Gasteiger partial charge in [-0.05, 0) is 22.3 Å². The van der Waals surface area contributed by atoms with E-state index in [1.807, 2.05) is 48.5 Å². The lowest BCUT2D eigenvalue weighted by Crippen LogP contribution is -2.49. The molecule has 0 saturated heterocycles. The molecule has 0 aliphatic heterocycles. The summed E-state index contributed by atoms with van der Waals surface area (Å²) in [5.41, 5.74) is 4.38. The fraction of sp³-hybridized carbons (Fsp3) is 0.261. The predicted molar refractivity (Wildman–Crippen MR) is 114 cm³/mol. The van der Waals surface area contributed by atoms with E-state index in [0.29, 0.717) is 0 Å². The van der Waals surface area contributed by atoms with Gasteiger partial charge in [-0.15, -0.1) is 0 Å². The van der Waals surface area contributed by atoms with E-state index in [2.05, 4.69) is 21.9 Å². The van der Waals surface area contributed by atoms with Crippen LogP contribution in [0.4, 0.5) is 9.59 Å². The standard InChI is InChI=1S/C23H24N2O6/c1-3-12-30-22(27)24-13-20(21(26)29-2)25-23(28)31-14-19-17-10-6-4-8-15(17)16-9-5-7-11-18(16)19/h3-11,19-20H,1,12-14H2,2H3,(H,24,27)(H,25,28). The summed E-state index contributed by atoms with van der Waals surface area (Å²) in [7, 11) is 1.19. The van der Waals surface area contributed by atoms with Gasteiger partial charge in [-0.1, -0.05) is 61.2 Å². The first-order valence-corrected chi connectivity index (χ1v) is 9.76. The first kappa shape index (κ1) is 21.9. The van der Waals surface area contributed by atoms with Gasteiger partial charge < -0.3 is 24.8 Å². The molecule has 2 amide bonds. The van der Waals surface area contributed by atoms with E-state index >= 15 is 0 Å². The van der Waals surface area contributed by atoms with E-state index in [4.69, 9.17) is 9.47 Å². The molecule has 8 heteroatoms. The Morgan fingerprint density at radius 3 is 2.19 bits per heavy atom. The molecule has 0 aromatic heterocycles. The molecular formula is C23H24N2O6. The second kappa shape index (κ2) is 10.3. The van der Waals surface area contributed by atoms with Crippen molar-refractivity contribution in [3.8, 4) is 11.1 Å². The molecule has 1 aliphatic rings. The Bertz CT molecular complexity index is 929. The highest BCUT2D eigenvalue weighted by atomic mass is 16.6. The Balaban J connectivity index is 1.61. The Morgan fingerprint density at radius 1 is 1.00 bits per heavy atom. The van der Waals surface area contributed by atoms with Gasteiger partial charge in [0.2, 0.25) is 0 Å². The number of hydrogen-bond acceptors (Lipinski definition) is 6. The summed E-state index contributed by atoms with van der Waals surface area (Å²) in [4.78, 5) is 35.9. The SMILES string of the molecule is C=CCOC(=O)NCC(NC(=O)OCC1c2ccccc2-c2ccccc21)C(=O)OC. The van der Waals surface area contributed by atoms with E-state index in [1.165, 1.54) is 13.2 Å². The van der Waals surface area contributed by atoms with E-state index in [9.17, 15) is 14.4 Å². The van der Waals surface area contributed by atoms with E-state index < -0.39 is 24.2 Å². The number of carbonyl (C=O) groups excluding carboxylic acids is 3. The lowest BCUT2D eigenvalue weighted by atomic mass is 9.98. The second-order valence-corrected chi connectivity index (χ2v) is 6.81. The van der Waals surface area contributed by atoms with Crippen molar-refractivity contribution in [2.45, 2.75) is 12.0 Å². The monoisotopic (exact) mass is 424 g/mol. The summed E-state index contributed by atoms with van der Waals surface area (Å²) in [6.45, 7) is 3.34. The number of fused-ring (bicyclic) bond motifs is 3. The topological polar surface area (TPSA) is 103 Å². The quantitative estimate of drug-likeness (QED) is 0.384. The van der Waals surface area contributed by atoms with Crippen molar-refractivity contribution in [3.63, 3.8) is 0 Å². The molecule has 162 valence electrons. The molecule has 0 radical (unpaired) electrons. The number of carbonyl (C=O) groups is 3. The van der Waals surface area contributed by atoms with Crippen molar-refractivity contribution in [2.24, 2.45) is 0 Å². The summed E-state index contributed by atoms with van der Waals surface area (Å²) in [6, 6.07) is 14.8. The molecule has 2 aromatic rings. The van der Waals surface area contributed by atoms with Crippen LogP contribution in [0.25, 0.3) is 11.1 Å². The van der Waals surface area contributed by atoms with Gasteiger partial charge in [0, 0.05) is 5.92 Å². The predicted octanol–water partition coefficient (Wildman–Crippen LogP) is 2.98. The minimum Gasteiger partial charge on any atom is -0.467 e. The van der Waals surface area contributed by atoms with Gasteiger partial charge in [-0.3, -0.25) is 0 Å². The Hall–Kier alpha value is -3.81. The highest BCUT2D eigenvalue weighted by Crippen LogP contribution is 2.44. The highest BCUT2D eigenvalue weighted by Gasteiger charge is 2.30. The van der Waals surface area contributed by atoms with Crippen LogP contribution in [0.5, 0.6) is 0 Å². The molecule has 31 heavy (non-hydrogen) atoms. The third kappa shape index (κ3) is 5.22. The molecule has 0 fully saturated rings. The average Bonchev–Trinajstić information content (AvgIpc) is 3.12. The van der Waals surface area contributed by atoms with E-state index in [-0.39, 0.29) is 25.7 Å². The van der Waals surface area contributed by atoms with E-state index in [1.54, 1.807) is 0 Å². The van der Waals surface area contributed by atoms with Gasteiger partial charge in [0.1, 0.15) is 19.3 Å². The van der Waals surface area contributed by atoms with Crippen LogP contribution in [0.2, 0.25) is 0 Å². The number of rotatable bonds is 8. The molecule has 0 saturated carbocycles. The maximum Gasteiger partial charge on any atom is 0.407 e. The molecule has 3 rings (SSSR count). The minimum absolute atomic E-state index is 0.0224. The second-order valence-electron chi connectivity index (χ2n) is 6.81. The molecule has 2 aromatic carbocycles. The third-order valence-electron chi connectivity index (χ3n) is 4.90. The van der Waals surface area contributed by atoms with Crippen molar-refractivity contribution in [1.29, 1.82) is 0 Å². The Morgan fingerprint density at radius 2 is 1.61 bits per heavy atom. The van der Waals surface area contributed by atoms with Crippen LogP contribution < -0.4 is 10.6 Å². The number of alkyl carbamates (subject to hydrolysis) is 2. The first-order chi connectivity index (χ1) is 15.0. The number of hydrogen-bond donors (Lipinski definition) is 2. The zero-order valence-corrected chi connectivity index (χ0v) is 17.1. The summed E-state index contributed by atoms with van der Waals surface area (Å²) in [6.07, 6.45) is -0.131. The van der Waals surface area contributed by atoms with Crippen LogP contribution in [0.15, 0.2) is 61.2 Å². The molecule has 1 atom stereocenters. The first-order valence-electron chi connectivity index (χ1n) is 9.76. The Labute approximate surface area is 180 Å². The zero-order valence-electron chi connectivity index (χ0n) is 17.1. The average molecular weight is 424 g/mol. The summed E-state index contributed by atoms with van der Waals surface area (Å²) < 4.78 is 14.9. The van der Waals surface area contributed by atoms with Crippen LogP contribution in [0, 0.1) is 0 Å². The number of amides is 2. The van der Waals surface area contributed by atoms with Crippen LogP contribution in [0.3, 0.4) is 0 Å². The smallest absolute Gasteiger partial charge is 0.407 e. The maximum absolute atomic E-state index is 12.4. The molecule has 2 N–H and O–H groups in total. The maximum atomic E-state index is 12.4. The number of nitrogens with one attached hydrogen (secondary N) is 2. The third-order valence-corrected chi connectivity index (χ3v) is 4.90. The highest BCUT2D eigenvalue weighted by molar-refractivity contribution is 5.82. The van der Waals surface area contributed by atoms with Crippen LogP contribution >= 0.6 is 0 Å². The van der Waals surface area contributed by atoms with Crippen molar-refractivity contribution >= 4 is 18.2 Å². The van der Waals surface area contributed by atoms with Crippen LogP contribution in [-0.4, -0.2) is 51.1 Å². The molecule has 8 nitrogen and oxygen atoms in total. The van der Waals surface area contributed by atoms with Gasteiger partial charge in [-0.25, -0.2) is 14.4 Å². The lowest BCUT2D eigenvalue weighted by molar-refractivity contribution is -0.142. The minimum atomic E-state index is -1.13. The van der Waals surface area contributed by atoms with Crippen molar-refractivity contribution < 1.29 is 28.6 Å². The van der Waals surface area contributed by atoms with Gasteiger partial charge in [0.05, 0.1) is 13.7 Å². The molecule has 1 unspecified atom stereocenters. The van der Waals surface area contributed by atoms with Crippen molar-refractivity contribution in [1.82, 2.24) is 10.6 Å². The number of esters is 1. The van der Waals surface area contributed by atoms with Gasteiger partial charge >= 0.3 is 18.2 Å². The fourth-order valence-electron chi connectivity index (χ4n) is 3.49. The summed E-state index contributed by atoms with van der Waals surface area (Å²) >= 11 is 0. The van der Waals surface area contributed by atoms with Crippen molar-refractivity contribution in [2.75, 3.05) is 26.9 Å².